The second-order valence-electron chi connectivity index (χ2n) is 5.16. The topological polar surface area (TPSA) is 45.2 Å². The van der Waals surface area contributed by atoms with Crippen LogP contribution in [0.1, 0.15) is 24.1 Å². The third kappa shape index (κ3) is 2.25. The zero-order chi connectivity index (χ0) is 12.4. The molecular formula is C14H19N3O. The Morgan fingerprint density at radius 3 is 3.28 bits per heavy atom. The van der Waals surface area contributed by atoms with E-state index in [1.807, 2.05) is 17.2 Å². The van der Waals surface area contributed by atoms with Crippen molar-refractivity contribution in [3.05, 3.63) is 29.6 Å². The van der Waals surface area contributed by atoms with Crippen LogP contribution in [-0.2, 0) is 17.8 Å². The van der Waals surface area contributed by atoms with E-state index in [1.165, 1.54) is 5.56 Å². The fraction of sp³-hybridized carbons (Fsp3) is 0.571. The first-order valence-corrected chi connectivity index (χ1v) is 6.77. The van der Waals surface area contributed by atoms with Gasteiger partial charge in [-0.15, -0.1) is 0 Å². The number of fused-ring (bicyclic) bond motifs is 1. The van der Waals surface area contributed by atoms with Gasteiger partial charge in [-0.1, -0.05) is 6.07 Å². The van der Waals surface area contributed by atoms with Crippen LogP contribution in [0.15, 0.2) is 18.3 Å². The van der Waals surface area contributed by atoms with E-state index in [4.69, 9.17) is 0 Å². The molecule has 1 atom stereocenters. The Morgan fingerprint density at radius 1 is 1.50 bits per heavy atom. The minimum atomic E-state index is 0.178. The minimum absolute atomic E-state index is 0.178. The van der Waals surface area contributed by atoms with Crippen LogP contribution in [-0.4, -0.2) is 35.4 Å². The van der Waals surface area contributed by atoms with Crippen LogP contribution in [0.3, 0.4) is 0 Å². The monoisotopic (exact) mass is 245 g/mol. The molecule has 0 spiro atoms. The zero-order valence-corrected chi connectivity index (χ0v) is 10.6. The Balaban J connectivity index is 1.69. The first-order valence-electron chi connectivity index (χ1n) is 6.77. The largest absolute Gasteiger partial charge is 0.338 e. The number of hydrogen-bond acceptors (Lipinski definition) is 3. The Labute approximate surface area is 107 Å². The Kier molecular flexibility index (Phi) is 3.28. The average Bonchev–Trinajstić information content (AvgIpc) is 2.47. The molecule has 1 fully saturated rings. The molecule has 18 heavy (non-hydrogen) atoms. The van der Waals surface area contributed by atoms with Gasteiger partial charge in [-0.05, 0) is 31.0 Å². The quantitative estimate of drug-likeness (QED) is 0.801. The van der Waals surface area contributed by atoms with Gasteiger partial charge >= 0.3 is 0 Å². The lowest BCUT2D eigenvalue weighted by Gasteiger charge is -2.32. The highest BCUT2D eigenvalue weighted by atomic mass is 16.2. The van der Waals surface area contributed by atoms with E-state index in [0.29, 0.717) is 5.91 Å². The fourth-order valence-corrected chi connectivity index (χ4v) is 2.87. The maximum absolute atomic E-state index is 12.4. The average molecular weight is 245 g/mol. The van der Waals surface area contributed by atoms with Crippen molar-refractivity contribution in [2.24, 2.45) is 5.92 Å². The third-order valence-corrected chi connectivity index (χ3v) is 3.92. The molecule has 1 unspecified atom stereocenters. The third-order valence-electron chi connectivity index (χ3n) is 3.92. The molecule has 1 amide bonds. The highest BCUT2D eigenvalue weighted by molar-refractivity contribution is 5.79. The number of rotatable bonds is 1. The molecule has 0 saturated carbocycles. The molecule has 2 aliphatic rings. The Bertz CT molecular complexity index is 440. The second kappa shape index (κ2) is 5.06. The van der Waals surface area contributed by atoms with Crippen molar-refractivity contribution in [3.8, 4) is 0 Å². The SMILES string of the molecule is O=C(C1CCCNC1)N1CCc2ncccc2C1. The highest BCUT2D eigenvalue weighted by Crippen LogP contribution is 2.20. The number of pyridine rings is 1. The second-order valence-corrected chi connectivity index (χ2v) is 5.16. The summed E-state index contributed by atoms with van der Waals surface area (Å²) in [6, 6.07) is 4.04. The molecule has 0 radical (unpaired) electrons. The van der Waals surface area contributed by atoms with Crippen molar-refractivity contribution in [2.75, 3.05) is 19.6 Å². The first kappa shape index (κ1) is 11.7. The van der Waals surface area contributed by atoms with Crippen LogP contribution < -0.4 is 5.32 Å². The fourth-order valence-electron chi connectivity index (χ4n) is 2.87. The Morgan fingerprint density at radius 2 is 2.44 bits per heavy atom. The van der Waals surface area contributed by atoms with Crippen LogP contribution >= 0.6 is 0 Å². The van der Waals surface area contributed by atoms with Crippen molar-refractivity contribution in [3.63, 3.8) is 0 Å². The lowest BCUT2D eigenvalue weighted by molar-refractivity contribution is -0.137. The number of nitrogens with one attached hydrogen (secondary N) is 1. The molecule has 1 N–H and O–H groups in total. The summed E-state index contributed by atoms with van der Waals surface area (Å²) >= 11 is 0. The van der Waals surface area contributed by atoms with Crippen LogP contribution in [0.5, 0.6) is 0 Å². The molecule has 4 nitrogen and oxygen atoms in total. The standard InChI is InChI=1S/C14H19N3O/c18-14(11-3-1-6-15-9-11)17-8-5-13-12(10-17)4-2-7-16-13/h2,4,7,11,15H,1,3,5-6,8-10H2. The lowest BCUT2D eigenvalue weighted by Crippen LogP contribution is -2.45. The molecule has 1 aromatic rings. The van der Waals surface area contributed by atoms with Crippen LogP contribution in [0.2, 0.25) is 0 Å². The predicted octanol–water partition coefficient (Wildman–Crippen LogP) is 0.966. The molecule has 1 saturated heterocycles. The van der Waals surface area contributed by atoms with Gasteiger partial charge in [-0.25, -0.2) is 0 Å². The van der Waals surface area contributed by atoms with Gasteiger partial charge in [0.05, 0.1) is 5.92 Å². The van der Waals surface area contributed by atoms with E-state index in [1.54, 1.807) is 0 Å². The summed E-state index contributed by atoms with van der Waals surface area (Å²) in [7, 11) is 0. The number of nitrogens with zero attached hydrogens (tertiary/aromatic N) is 2. The van der Waals surface area contributed by atoms with E-state index in [-0.39, 0.29) is 5.92 Å². The normalized spacial score (nSPS) is 23.6. The summed E-state index contributed by atoms with van der Waals surface area (Å²) in [6.45, 7) is 3.45. The maximum atomic E-state index is 12.4. The van der Waals surface area contributed by atoms with Crippen molar-refractivity contribution in [1.29, 1.82) is 0 Å². The van der Waals surface area contributed by atoms with Crippen LogP contribution in [0.25, 0.3) is 0 Å². The van der Waals surface area contributed by atoms with Crippen molar-refractivity contribution in [1.82, 2.24) is 15.2 Å². The van der Waals surface area contributed by atoms with E-state index in [9.17, 15) is 4.79 Å². The molecular weight excluding hydrogens is 226 g/mol. The summed E-state index contributed by atoms with van der Waals surface area (Å²) in [4.78, 5) is 18.8. The number of piperidine rings is 1. The zero-order valence-electron chi connectivity index (χ0n) is 10.6. The lowest BCUT2D eigenvalue weighted by atomic mass is 9.96. The number of aromatic nitrogens is 1. The van der Waals surface area contributed by atoms with Gasteiger partial charge < -0.3 is 10.2 Å². The van der Waals surface area contributed by atoms with Gasteiger partial charge in [0.25, 0.3) is 0 Å². The first-order chi connectivity index (χ1) is 8.84. The van der Waals surface area contributed by atoms with E-state index in [2.05, 4.69) is 16.4 Å². The van der Waals surface area contributed by atoms with Gasteiger partial charge in [-0.2, -0.15) is 0 Å². The number of amides is 1. The molecule has 4 heteroatoms. The van der Waals surface area contributed by atoms with Gasteiger partial charge in [0.2, 0.25) is 5.91 Å². The molecule has 0 aliphatic carbocycles. The van der Waals surface area contributed by atoms with Crippen LogP contribution in [0.4, 0.5) is 0 Å². The molecule has 1 aromatic heterocycles. The van der Waals surface area contributed by atoms with Crippen molar-refractivity contribution < 1.29 is 4.79 Å². The smallest absolute Gasteiger partial charge is 0.227 e. The van der Waals surface area contributed by atoms with E-state index >= 15 is 0 Å². The highest BCUT2D eigenvalue weighted by Gasteiger charge is 2.28. The maximum Gasteiger partial charge on any atom is 0.227 e. The summed E-state index contributed by atoms with van der Waals surface area (Å²) in [5, 5.41) is 3.31. The van der Waals surface area contributed by atoms with Gasteiger partial charge in [0.15, 0.2) is 0 Å². The number of carbonyl (C=O) groups excluding carboxylic acids is 1. The van der Waals surface area contributed by atoms with Gasteiger partial charge in [0, 0.05) is 37.9 Å². The molecule has 3 rings (SSSR count). The minimum Gasteiger partial charge on any atom is -0.338 e. The predicted molar refractivity (Wildman–Crippen MR) is 69.0 cm³/mol. The Hall–Kier alpha value is -1.42. The van der Waals surface area contributed by atoms with E-state index in [0.717, 1.165) is 51.1 Å². The van der Waals surface area contributed by atoms with Gasteiger partial charge in [0.1, 0.15) is 0 Å². The molecule has 0 bridgehead atoms. The summed E-state index contributed by atoms with van der Waals surface area (Å²) < 4.78 is 0. The van der Waals surface area contributed by atoms with Crippen molar-refractivity contribution in [2.45, 2.75) is 25.8 Å². The number of hydrogen-bond donors (Lipinski definition) is 1. The molecule has 0 aromatic carbocycles. The summed E-state index contributed by atoms with van der Waals surface area (Å²) in [6.07, 6.45) is 4.87. The number of carbonyl (C=O) groups is 1. The van der Waals surface area contributed by atoms with E-state index < -0.39 is 0 Å². The van der Waals surface area contributed by atoms with Crippen LogP contribution in [0, 0.1) is 5.92 Å². The molecule has 3 heterocycles. The van der Waals surface area contributed by atoms with Gasteiger partial charge in [-0.3, -0.25) is 9.78 Å². The summed E-state index contributed by atoms with van der Waals surface area (Å²) in [5.41, 5.74) is 2.36. The molecule has 96 valence electrons. The summed E-state index contributed by atoms with van der Waals surface area (Å²) in [5.74, 6) is 0.494. The van der Waals surface area contributed by atoms with Crippen molar-refractivity contribution >= 4 is 5.91 Å². The molecule has 2 aliphatic heterocycles.